The van der Waals surface area contributed by atoms with Crippen molar-refractivity contribution in [3.05, 3.63) is 74.4 Å². The van der Waals surface area contributed by atoms with Gasteiger partial charge < -0.3 is 14.8 Å². The smallest absolute Gasteiger partial charge is 0.338 e. The first-order valence-electron chi connectivity index (χ1n) is 10.2. The quantitative estimate of drug-likeness (QED) is 0.293. The molecule has 1 aliphatic heterocycles. The van der Waals surface area contributed by atoms with Gasteiger partial charge in [0.1, 0.15) is 18.4 Å². The van der Waals surface area contributed by atoms with Crippen molar-refractivity contribution in [2.75, 3.05) is 18.2 Å². The fourth-order valence-electron chi connectivity index (χ4n) is 3.59. The van der Waals surface area contributed by atoms with Crippen LogP contribution in [-0.4, -0.2) is 33.6 Å². The Morgan fingerprint density at radius 3 is 2.73 bits per heavy atom. The molecular weight excluding hydrogens is 528 g/mol. The molecule has 7 nitrogen and oxygen atoms in total. The minimum atomic E-state index is -0.579. The number of thioether (sulfide) groups is 1. The Labute approximate surface area is 209 Å². The monoisotopic (exact) mass is 548 g/mol. The van der Waals surface area contributed by atoms with Crippen molar-refractivity contribution in [3.8, 4) is 5.75 Å². The summed E-state index contributed by atoms with van der Waals surface area (Å²) in [4.78, 5) is 17.5. The molecule has 0 aliphatic carbocycles. The lowest BCUT2D eigenvalue weighted by atomic mass is 9.95. The van der Waals surface area contributed by atoms with Crippen molar-refractivity contribution in [3.63, 3.8) is 0 Å². The Balaban J connectivity index is 1.80. The van der Waals surface area contributed by atoms with Crippen molar-refractivity contribution in [1.29, 1.82) is 0 Å². The first-order chi connectivity index (χ1) is 15.9. The maximum atomic E-state index is 12.9. The third-order valence-electron chi connectivity index (χ3n) is 5.09. The number of fused-ring (bicyclic) bond motifs is 1. The summed E-state index contributed by atoms with van der Waals surface area (Å²) in [6.07, 6.45) is 0. The molecule has 4 rings (SSSR count). The fraction of sp³-hybridized carbons (Fsp3) is 0.261. The summed E-state index contributed by atoms with van der Waals surface area (Å²) in [5.41, 5.74) is 2.83. The van der Waals surface area contributed by atoms with Crippen LogP contribution in [0.3, 0.4) is 0 Å². The molecule has 10 heteroatoms. The Bertz CT molecular complexity index is 1210. The van der Waals surface area contributed by atoms with E-state index in [0.29, 0.717) is 39.8 Å². The van der Waals surface area contributed by atoms with Gasteiger partial charge in [-0.05, 0) is 48.6 Å². The van der Waals surface area contributed by atoms with Crippen LogP contribution >= 0.6 is 39.3 Å². The molecule has 172 valence electrons. The Kier molecular flexibility index (Phi) is 7.31. The predicted octanol–water partition coefficient (Wildman–Crippen LogP) is 5.85. The van der Waals surface area contributed by atoms with E-state index in [2.05, 4.69) is 31.3 Å². The molecule has 1 aliphatic rings. The van der Waals surface area contributed by atoms with Crippen molar-refractivity contribution in [1.82, 2.24) is 14.8 Å². The van der Waals surface area contributed by atoms with Crippen LogP contribution in [0.2, 0.25) is 5.02 Å². The summed E-state index contributed by atoms with van der Waals surface area (Å²) >= 11 is 11.1. The average molecular weight is 550 g/mol. The topological polar surface area (TPSA) is 78.3 Å². The van der Waals surface area contributed by atoms with Crippen molar-refractivity contribution >= 4 is 51.2 Å². The van der Waals surface area contributed by atoms with Crippen molar-refractivity contribution < 1.29 is 14.3 Å². The van der Waals surface area contributed by atoms with E-state index in [9.17, 15) is 4.79 Å². The number of anilines is 1. The number of aromatic nitrogens is 3. The second kappa shape index (κ2) is 10.2. The number of halogens is 2. The molecule has 2 aromatic carbocycles. The number of hydrogen-bond acceptors (Lipinski definition) is 7. The summed E-state index contributed by atoms with van der Waals surface area (Å²) in [6, 6.07) is 12.6. The van der Waals surface area contributed by atoms with Crippen LogP contribution in [0.25, 0.3) is 0 Å². The van der Waals surface area contributed by atoms with Crippen LogP contribution in [0.4, 0.5) is 5.95 Å². The third-order valence-corrected chi connectivity index (χ3v) is 6.55. The van der Waals surface area contributed by atoms with Crippen LogP contribution < -0.4 is 10.1 Å². The van der Waals surface area contributed by atoms with Gasteiger partial charge in [-0.25, -0.2) is 9.48 Å². The number of benzene rings is 2. The van der Waals surface area contributed by atoms with Gasteiger partial charge in [-0.2, -0.15) is 4.98 Å². The van der Waals surface area contributed by atoms with E-state index in [4.69, 9.17) is 21.1 Å². The number of nitrogens with one attached hydrogen (secondary N) is 1. The van der Waals surface area contributed by atoms with Crippen LogP contribution in [-0.2, 0) is 16.1 Å². The first kappa shape index (κ1) is 23.7. The summed E-state index contributed by atoms with van der Waals surface area (Å²) in [7, 11) is 1.37. The number of carbonyl (C=O) groups excluding carboxylic acids is 1. The maximum absolute atomic E-state index is 12.9. The SMILES string of the molecule is CCSc1nc2n(n1)C(c1cc(Br)ccc1OCc1ccc(Cl)cc1)C(C(=O)OC)=C(C)N2. The Hall–Kier alpha value is -2.49. The highest BCUT2D eigenvalue weighted by atomic mass is 79.9. The lowest BCUT2D eigenvalue weighted by Crippen LogP contribution is -2.29. The number of esters is 1. The van der Waals surface area contributed by atoms with Gasteiger partial charge in [0.15, 0.2) is 0 Å². The second-order valence-corrected chi connectivity index (χ2v) is 9.83. The lowest BCUT2D eigenvalue weighted by molar-refractivity contribution is -0.136. The molecule has 0 radical (unpaired) electrons. The summed E-state index contributed by atoms with van der Waals surface area (Å²) < 4.78 is 13.9. The van der Waals surface area contributed by atoms with E-state index in [1.165, 1.54) is 18.9 Å². The van der Waals surface area contributed by atoms with E-state index in [0.717, 1.165) is 21.4 Å². The second-order valence-electron chi connectivity index (χ2n) is 7.25. The van der Waals surface area contributed by atoms with Gasteiger partial charge in [0, 0.05) is 20.8 Å². The fourth-order valence-corrected chi connectivity index (χ4v) is 4.65. The highest BCUT2D eigenvalue weighted by Gasteiger charge is 2.36. The molecule has 0 amide bonds. The number of ether oxygens (including phenoxy) is 2. The molecule has 2 heterocycles. The Morgan fingerprint density at radius 1 is 1.27 bits per heavy atom. The van der Waals surface area contributed by atoms with E-state index in [1.807, 2.05) is 56.3 Å². The van der Waals surface area contributed by atoms with Gasteiger partial charge in [-0.1, -0.05) is 58.3 Å². The Morgan fingerprint density at radius 2 is 2.03 bits per heavy atom. The maximum Gasteiger partial charge on any atom is 0.338 e. The number of nitrogens with zero attached hydrogens (tertiary/aromatic N) is 3. The van der Waals surface area contributed by atoms with E-state index in [1.54, 1.807) is 4.68 Å². The number of allylic oxidation sites excluding steroid dienone is 1. The average Bonchev–Trinajstić information content (AvgIpc) is 3.20. The molecule has 1 unspecified atom stereocenters. The predicted molar refractivity (Wildman–Crippen MR) is 133 cm³/mol. The number of hydrogen-bond donors (Lipinski definition) is 1. The van der Waals surface area contributed by atoms with Gasteiger partial charge >= 0.3 is 5.97 Å². The standard InChI is InChI=1S/C23H22BrClN4O3S/c1-4-33-23-27-22-26-13(2)19(21(30)31-3)20(29(22)28-23)17-11-15(24)7-10-18(17)32-12-14-5-8-16(25)9-6-14/h5-11,20H,4,12H2,1-3H3,(H,26,27,28). The lowest BCUT2D eigenvalue weighted by Gasteiger charge is -2.29. The van der Waals surface area contributed by atoms with Gasteiger partial charge in [-0.3, -0.25) is 0 Å². The van der Waals surface area contributed by atoms with E-state index >= 15 is 0 Å². The van der Waals surface area contributed by atoms with Gasteiger partial charge in [0.2, 0.25) is 11.1 Å². The molecule has 0 fully saturated rings. The number of rotatable bonds is 7. The normalized spacial score (nSPS) is 15.1. The number of methoxy groups -OCH3 is 1. The molecule has 0 spiro atoms. The molecule has 1 N–H and O–H groups in total. The highest BCUT2D eigenvalue weighted by molar-refractivity contribution is 9.10. The zero-order valence-corrected chi connectivity index (χ0v) is 21.4. The van der Waals surface area contributed by atoms with Crippen molar-refractivity contribution in [2.45, 2.75) is 31.7 Å². The molecule has 1 atom stereocenters. The number of carbonyl (C=O) groups is 1. The molecule has 33 heavy (non-hydrogen) atoms. The van der Waals surface area contributed by atoms with E-state index < -0.39 is 12.0 Å². The van der Waals surface area contributed by atoms with Gasteiger partial charge in [0.05, 0.1) is 12.7 Å². The van der Waals surface area contributed by atoms with Gasteiger partial charge in [-0.15, -0.1) is 5.10 Å². The van der Waals surface area contributed by atoms with Gasteiger partial charge in [0.25, 0.3) is 0 Å². The molecule has 0 bridgehead atoms. The minimum Gasteiger partial charge on any atom is -0.489 e. The molecule has 0 saturated carbocycles. The molecular formula is C23H22BrClN4O3S. The molecule has 3 aromatic rings. The zero-order valence-electron chi connectivity index (χ0n) is 18.3. The minimum absolute atomic E-state index is 0.341. The highest BCUT2D eigenvalue weighted by Crippen LogP contribution is 2.41. The van der Waals surface area contributed by atoms with Crippen LogP contribution in [0.15, 0.2) is 63.4 Å². The third kappa shape index (κ3) is 5.05. The first-order valence-corrected chi connectivity index (χ1v) is 12.4. The van der Waals surface area contributed by atoms with Crippen LogP contribution in [0.1, 0.15) is 31.0 Å². The van der Waals surface area contributed by atoms with Crippen LogP contribution in [0.5, 0.6) is 5.75 Å². The summed E-state index contributed by atoms with van der Waals surface area (Å²) in [5.74, 6) is 1.57. The zero-order chi connectivity index (χ0) is 23.5. The van der Waals surface area contributed by atoms with E-state index in [-0.39, 0.29) is 0 Å². The summed E-state index contributed by atoms with van der Waals surface area (Å²) in [6.45, 7) is 4.21. The van der Waals surface area contributed by atoms with Crippen molar-refractivity contribution in [2.24, 2.45) is 0 Å². The largest absolute Gasteiger partial charge is 0.489 e. The molecule has 1 aromatic heterocycles. The van der Waals surface area contributed by atoms with Crippen LogP contribution in [0, 0.1) is 0 Å². The summed E-state index contributed by atoms with van der Waals surface area (Å²) in [5, 5.41) is 9.16. The molecule has 0 saturated heterocycles.